The topological polar surface area (TPSA) is 81.0 Å². The molecular formula is C12H18N4O. The Bertz CT molecular complexity index is 413. The third kappa shape index (κ3) is 4.44. The Morgan fingerprint density at radius 1 is 1.41 bits per heavy atom. The molecule has 5 heteroatoms. The maximum Gasteiger partial charge on any atom is 0.0302 e. The Morgan fingerprint density at radius 3 is 2.76 bits per heavy atom. The first-order chi connectivity index (χ1) is 8.17. The van der Waals surface area contributed by atoms with Gasteiger partial charge in [0.05, 0.1) is 0 Å². The minimum Gasteiger partial charge on any atom is -0.317 e. The zero-order valence-electron chi connectivity index (χ0n) is 10.2. The molecule has 0 fully saturated rings. The van der Waals surface area contributed by atoms with Crippen LogP contribution >= 0.6 is 0 Å². The molecule has 17 heavy (non-hydrogen) atoms. The molecule has 1 unspecified atom stereocenters. The predicted octanol–water partition coefficient (Wildman–Crippen LogP) is 2.75. The number of nitrogens with zero attached hydrogens (tertiary/aromatic N) is 3. The van der Waals surface area contributed by atoms with Gasteiger partial charge in [0.1, 0.15) is 0 Å². The quantitative estimate of drug-likeness (QED) is 0.343. The molecule has 0 aliphatic carbocycles. The fourth-order valence-electron chi connectivity index (χ4n) is 1.75. The monoisotopic (exact) mass is 234 g/mol. The van der Waals surface area contributed by atoms with Crippen molar-refractivity contribution in [3.05, 3.63) is 45.3 Å². The number of hydrogen-bond acceptors (Lipinski definition) is 3. The number of hydrogen-bond donors (Lipinski definition) is 2. The first-order valence-electron chi connectivity index (χ1n) is 5.61. The second-order valence-corrected chi connectivity index (χ2v) is 4.26. The van der Waals surface area contributed by atoms with Gasteiger partial charge in [0.25, 0.3) is 0 Å². The number of rotatable bonds is 6. The van der Waals surface area contributed by atoms with E-state index in [4.69, 9.17) is 10.7 Å². The van der Waals surface area contributed by atoms with Crippen molar-refractivity contribution in [1.29, 1.82) is 0 Å². The van der Waals surface area contributed by atoms with Gasteiger partial charge in [-0.05, 0) is 48.4 Å². The molecule has 1 aromatic carbocycles. The molecule has 0 saturated carbocycles. The van der Waals surface area contributed by atoms with Crippen LogP contribution in [-0.2, 0) is 6.42 Å². The molecule has 0 heterocycles. The fraction of sp³-hybridized carbons (Fsp3) is 0.500. The Kier molecular flexibility index (Phi) is 5.49. The maximum atomic E-state index is 8.73. The highest BCUT2D eigenvalue weighted by Crippen LogP contribution is 2.14. The van der Waals surface area contributed by atoms with Crippen LogP contribution in [0.25, 0.3) is 10.4 Å². The highest BCUT2D eigenvalue weighted by molar-refractivity contribution is 5.30. The van der Waals surface area contributed by atoms with E-state index in [9.17, 15) is 0 Å². The molecule has 1 aromatic rings. The van der Waals surface area contributed by atoms with E-state index < -0.39 is 0 Å². The molecule has 92 valence electrons. The Morgan fingerprint density at radius 2 is 2.18 bits per heavy atom. The van der Waals surface area contributed by atoms with Crippen molar-refractivity contribution in [2.45, 2.75) is 20.3 Å². The minimum absolute atomic E-state index is 0.109. The van der Waals surface area contributed by atoms with Crippen molar-refractivity contribution in [3.63, 3.8) is 0 Å². The van der Waals surface area contributed by atoms with E-state index in [1.165, 1.54) is 16.7 Å². The van der Waals surface area contributed by atoms with Gasteiger partial charge in [-0.25, -0.2) is 5.48 Å². The molecule has 0 radical (unpaired) electrons. The predicted molar refractivity (Wildman–Crippen MR) is 66.9 cm³/mol. The van der Waals surface area contributed by atoms with Gasteiger partial charge in [0.15, 0.2) is 0 Å². The number of azide groups is 1. The van der Waals surface area contributed by atoms with Crippen molar-refractivity contribution in [2.75, 3.05) is 13.1 Å². The molecule has 0 amide bonds. The molecule has 0 bridgehead atoms. The van der Waals surface area contributed by atoms with Gasteiger partial charge < -0.3 is 5.21 Å². The number of nitrogens with one attached hydrogen (secondary N) is 1. The van der Waals surface area contributed by atoms with Gasteiger partial charge >= 0.3 is 0 Å². The van der Waals surface area contributed by atoms with Crippen LogP contribution in [0, 0.1) is 19.8 Å². The van der Waals surface area contributed by atoms with Gasteiger partial charge in [0, 0.05) is 18.0 Å². The largest absolute Gasteiger partial charge is 0.317 e. The van der Waals surface area contributed by atoms with Crippen LogP contribution in [0.3, 0.4) is 0 Å². The number of aryl methyl sites for hydroxylation is 2. The lowest BCUT2D eigenvalue weighted by Crippen LogP contribution is -2.23. The Hall–Kier alpha value is -1.55. The van der Waals surface area contributed by atoms with Gasteiger partial charge in [-0.2, -0.15) is 0 Å². The molecule has 2 N–H and O–H groups in total. The Balaban J connectivity index is 2.70. The van der Waals surface area contributed by atoms with E-state index in [2.05, 4.69) is 47.6 Å². The van der Waals surface area contributed by atoms with E-state index in [-0.39, 0.29) is 5.92 Å². The summed E-state index contributed by atoms with van der Waals surface area (Å²) < 4.78 is 0. The highest BCUT2D eigenvalue weighted by atomic mass is 16.5. The van der Waals surface area contributed by atoms with Crippen LogP contribution in [0.4, 0.5) is 0 Å². The SMILES string of the molecule is Cc1ccc(CC(CN=[N+]=[N-])CNO)cc1C. The molecule has 0 aliphatic heterocycles. The average Bonchev–Trinajstić information content (AvgIpc) is 2.31. The summed E-state index contributed by atoms with van der Waals surface area (Å²) in [5.74, 6) is 0.109. The summed E-state index contributed by atoms with van der Waals surface area (Å²) >= 11 is 0. The van der Waals surface area contributed by atoms with Crippen LogP contribution in [0.1, 0.15) is 16.7 Å². The van der Waals surface area contributed by atoms with E-state index in [0.29, 0.717) is 13.1 Å². The minimum atomic E-state index is 0.109. The lowest BCUT2D eigenvalue weighted by molar-refractivity contribution is 0.149. The number of benzene rings is 1. The fourth-order valence-corrected chi connectivity index (χ4v) is 1.75. The first kappa shape index (κ1) is 13.5. The standard InChI is InChI=1S/C12H18N4O/c1-9-3-4-11(5-10(9)2)6-12(8-15-17)7-14-16-13/h3-5,12,15,17H,6-8H2,1-2H3. The van der Waals surface area contributed by atoms with Crippen molar-refractivity contribution < 1.29 is 5.21 Å². The van der Waals surface area contributed by atoms with Crippen LogP contribution in [0.2, 0.25) is 0 Å². The van der Waals surface area contributed by atoms with E-state index >= 15 is 0 Å². The summed E-state index contributed by atoms with van der Waals surface area (Å²) in [5.41, 5.74) is 14.2. The summed E-state index contributed by atoms with van der Waals surface area (Å²) in [4.78, 5) is 2.75. The smallest absolute Gasteiger partial charge is 0.0302 e. The van der Waals surface area contributed by atoms with Gasteiger partial charge in [-0.1, -0.05) is 23.3 Å². The van der Waals surface area contributed by atoms with E-state index in [1.807, 2.05) is 0 Å². The molecule has 5 nitrogen and oxygen atoms in total. The molecule has 0 saturated heterocycles. The second-order valence-electron chi connectivity index (χ2n) is 4.26. The molecular weight excluding hydrogens is 216 g/mol. The average molecular weight is 234 g/mol. The second kappa shape index (κ2) is 6.91. The lowest BCUT2D eigenvalue weighted by atomic mass is 9.97. The lowest BCUT2D eigenvalue weighted by Gasteiger charge is -2.14. The summed E-state index contributed by atoms with van der Waals surface area (Å²) in [5, 5.41) is 12.3. The Labute approximate surface area is 101 Å². The summed E-state index contributed by atoms with van der Waals surface area (Å²) in [6.45, 7) is 4.96. The third-order valence-corrected chi connectivity index (χ3v) is 2.88. The zero-order valence-corrected chi connectivity index (χ0v) is 10.2. The van der Waals surface area contributed by atoms with Gasteiger partial charge in [0.2, 0.25) is 0 Å². The van der Waals surface area contributed by atoms with Crippen LogP contribution in [0.5, 0.6) is 0 Å². The summed E-state index contributed by atoms with van der Waals surface area (Å²) in [6.07, 6.45) is 0.785. The molecule has 0 aliphatic rings. The van der Waals surface area contributed by atoms with Crippen molar-refractivity contribution in [2.24, 2.45) is 11.0 Å². The van der Waals surface area contributed by atoms with Gasteiger partial charge in [-0.3, -0.25) is 0 Å². The van der Waals surface area contributed by atoms with E-state index in [0.717, 1.165) is 6.42 Å². The zero-order chi connectivity index (χ0) is 12.7. The van der Waals surface area contributed by atoms with Crippen molar-refractivity contribution in [1.82, 2.24) is 5.48 Å². The summed E-state index contributed by atoms with van der Waals surface area (Å²) in [6, 6.07) is 6.29. The van der Waals surface area contributed by atoms with Gasteiger partial charge in [-0.15, -0.1) is 0 Å². The highest BCUT2D eigenvalue weighted by Gasteiger charge is 2.08. The maximum absolute atomic E-state index is 8.73. The van der Waals surface area contributed by atoms with Crippen molar-refractivity contribution in [3.8, 4) is 0 Å². The summed E-state index contributed by atoms with van der Waals surface area (Å²) in [7, 11) is 0. The van der Waals surface area contributed by atoms with Crippen LogP contribution < -0.4 is 5.48 Å². The molecule has 1 rings (SSSR count). The molecule has 0 spiro atoms. The molecule has 0 aromatic heterocycles. The van der Waals surface area contributed by atoms with Crippen molar-refractivity contribution >= 4 is 0 Å². The van der Waals surface area contributed by atoms with E-state index in [1.54, 1.807) is 0 Å². The normalized spacial score (nSPS) is 11.9. The first-order valence-corrected chi connectivity index (χ1v) is 5.61. The number of hydroxylamine groups is 1. The third-order valence-electron chi connectivity index (χ3n) is 2.88. The molecule has 1 atom stereocenters. The van der Waals surface area contributed by atoms with Crippen LogP contribution in [-0.4, -0.2) is 18.3 Å². The van der Waals surface area contributed by atoms with Crippen LogP contribution in [0.15, 0.2) is 23.3 Å².